The molecule has 6 nitrogen and oxygen atoms in total. The van der Waals surface area contributed by atoms with Crippen molar-refractivity contribution in [1.29, 1.82) is 0 Å². The molecule has 3 rings (SSSR count). The van der Waals surface area contributed by atoms with Gasteiger partial charge in [-0.25, -0.2) is 19.8 Å². The van der Waals surface area contributed by atoms with E-state index in [1.807, 2.05) is 13.8 Å². The molecule has 0 saturated heterocycles. The standard InChI is InChI=1S/C25H25F4N5O/c1-3-10-35-11-9-17(2)12-23-22(26)16-31-24(33-23)34-32-15-21-8-7-19(14-30-21)18-5-4-6-20(13-18)25(27,28)29/h4-8,12-16H,3,9-11H2,1-2H3,(H,31,33,34)/b17-12-,32-15-. The van der Waals surface area contributed by atoms with Gasteiger partial charge in [0.05, 0.1) is 30.3 Å². The Bertz CT molecular complexity index is 1180. The number of halogens is 4. The largest absolute Gasteiger partial charge is 0.416 e. The highest BCUT2D eigenvalue weighted by Gasteiger charge is 2.30. The lowest BCUT2D eigenvalue weighted by Gasteiger charge is -2.08. The quantitative estimate of drug-likeness (QED) is 0.156. The third-order valence-corrected chi connectivity index (χ3v) is 4.81. The molecule has 0 aliphatic carbocycles. The van der Waals surface area contributed by atoms with Gasteiger partial charge in [0, 0.05) is 18.4 Å². The number of nitrogens with zero attached hydrogens (tertiary/aromatic N) is 4. The van der Waals surface area contributed by atoms with Crippen LogP contribution in [0.4, 0.5) is 23.5 Å². The van der Waals surface area contributed by atoms with E-state index in [9.17, 15) is 17.6 Å². The fraction of sp³-hybridized carbons (Fsp3) is 0.280. The number of pyridine rings is 1. The fourth-order valence-corrected chi connectivity index (χ4v) is 3.00. The molecule has 0 atom stereocenters. The van der Waals surface area contributed by atoms with Gasteiger partial charge in [0.2, 0.25) is 5.95 Å². The molecule has 1 aromatic carbocycles. The maximum Gasteiger partial charge on any atom is 0.416 e. The lowest BCUT2D eigenvalue weighted by molar-refractivity contribution is -0.137. The minimum atomic E-state index is -4.42. The first kappa shape index (κ1) is 26.0. The summed E-state index contributed by atoms with van der Waals surface area (Å²) >= 11 is 0. The highest BCUT2D eigenvalue weighted by Crippen LogP contribution is 2.32. The fourth-order valence-electron chi connectivity index (χ4n) is 3.00. The molecule has 0 aliphatic heterocycles. The van der Waals surface area contributed by atoms with Crippen molar-refractivity contribution in [3.63, 3.8) is 0 Å². The second kappa shape index (κ2) is 12.2. The first-order valence-corrected chi connectivity index (χ1v) is 11.0. The number of nitrogens with one attached hydrogen (secondary N) is 1. The van der Waals surface area contributed by atoms with Crippen molar-refractivity contribution in [1.82, 2.24) is 15.0 Å². The molecule has 184 valence electrons. The molecule has 0 amide bonds. The minimum Gasteiger partial charge on any atom is -0.381 e. The van der Waals surface area contributed by atoms with Crippen molar-refractivity contribution in [2.24, 2.45) is 5.10 Å². The van der Waals surface area contributed by atoms with Crippen molar-refractivity contribution in [3.05, 3.63) is 77.1 Å². The average molecular weight is 488 g/mol. The number of alkyl halides is 3. The summed E-state index contributed by atoms with van der Waals surface area (Å²) in [6.45, 7) is 5.14. The van der Waals surface area contributed by atoms with Gasteiger partial charge >= 0.3 is 6.18 Å². The number of hydrazone groups is 1. The topological polar surface area (TPSA) is 72.3 Å². The zero-order chi connectivity index (χ0) is 25.3. The second-order valence-electron chi connectivity index (χ2n) is 7.70. The lowest BCUT2D eigenvalue weighted by atomic mass is 10.0. The number of rotatable bonds is 10. The first-order chi connectivity index (χ1) is 16.8. The monoisotopic (exact) mass is 487 g/mol. The number of hydrogen-bond acceptors (Lipinski definition) is 6. The summed E-state index contributed by atoms with van der Waals surface area (Å²) in [4.78, 5) is 12.2. The van der Waals surface area contributed by atoms with E-state index in [1.54, 1.807) is 24.3 Å². The van der Waals surface area contributed by atoms with Crippen LogP contribution >= 0.6 is 0 Å². The van der Waals surface area contributed by atoms with Gasteiger partial charge in [-0.3, -0.25) is 4.98 Å². The van der Waals surface area contributed by atoms with E-state index in [0.29, 0.717) is 36.5 Å². The Morgan fingerprint density at radius 3 is 2.63 bits per heavy atom. The van der Waals surface area contributed by atoms with Crippen molar-refractivity contribution in [3.8, 4) is 11.1 Å². The van der Waals surface area contributed by atoms with Gasteiger partial charge in [0.1, 0.15) is 5.69 Å². The molecule has 1 N–H and O–H groups in total. The SMILES string of the molecule is CCCOCC/C(C)=C\c1nc(N/N=C\c2ccc(-c3cccc(C(F)(F)F)c3)cn2)ncc1F. The maximum absolute atomic E-state index is 14.1. The van der Waals surface area contributed by atoms with Crippen LogP contribution in [0.2, 0.25) is 0 Å². The molecule has 0 saturated carbocycles. The molecule has 3 aromatic rings. The molecule has 2 heterocycles. The summed E-state index contributed by atoms with van der Waals surface area (Å²) in [5, 5.41) is 4.01. The molecule has 0 bridgehead atoms. The highest BCUT2D eigenvalue weighted by molar-refractivity contribution is 5.78. The van der Waals surface area contributed by atoms with Crippen molar-refractivity contribution >= 4 is 18.2 Å². The van der Waals surface area contributed by atoms with Crippen molar-refractivity contribution in [2.45, 2.75) is 32.9 Å². The summed E-state index contributed by atoms with van der Waals surface area (Å²) in [6.07, 6.45) is 2.73. The van der Waals surface area contributed by atoms with E-state index >= 15 is 0 Å². The Kier molecular flexibility index (Phi) is 9.02. The molecule has 0 aliphatic rings. The predicted octanol–water partition coefficient (Wildman–Crippen LogP) is 6.36. The molecule has 0 unspecified atom stereocenters. The molecule has 0 spiro atoms. The van der Waals surface area contributed by atoms with Crippen molar-refractivity contribution < 1.29 is 22.3 Å². The smallest absolute Gasteiger partial charge is 0.381 e. The average Bonchev–Trinajstić information content (AvgIpc) is 2.84. The first-order valence-electron chi connectivity index (χ1n) is 11.0. The zero-order valence-electron chi connectivity index (χ0n) is 19.3. The predicted molar refractivity (Wildman–Crippen MR) is 127 cm³/mol. The Morgan fingerprint density at radius 2 is 1.91 bits per heavy atom. The highest BCUT2D eigenvalue weighted by atomic mass is 19.4. The van der Waals surface area contributed by atoms with Crippen LogP contribution in [0.5, 0.6) is 0 Å². The number of benzene rings is 1. The van der Waals surface area contributed by atoms with Crippen LogP contribution in [0.15, 0.2) is 59.5 Å². The molecule has 0 fully saturated rings. The van der Waals surface area contributed by atoms with E-state index in [-0.39, 0.29) is 11.6 Å². The normalized spacial score (nSPS) is 12.3. The van der Waals surface area contributed by atoms with Crippen molar-refractivity contribution in [2.75, 3.05) is 18.6 Å². The van der Waals surface area contributed by atoms with Crippen LogP contribution in [0.25, 0.3) is 17.2 Å². The molecule has 35 heavy (non-hydrogen) atoms. The van der Waals surface area contributed by atoms with Gasteiger partial charge in [-0.1, -0.05) is 30.7 Å². The Morgan fingerprint density at radius 1 is 1.09 bits per heavy atom. The number of hydrogen-bond donors (Lipinski definition) is 1. The third-order valence-electron chi connectivity index (χ3n) is 4.81. The van der Waals surface area contributed by atoms with Crippen LogP contribution in [0.3, 0.4) is 0 Å². The molecule has 2 aromatic heterocycles. The van der Waals surface area contributed by atoms with Crippen LogP contribution in [-0.2, 0) is 10.9 Å². The van der Waals surface area contributed by atoms with Gasteiger partial charge in [0.25, 0.3) is 0 Å². The van der Waals surface area contributed by atoms with E-state index in [0.717, 1.165) is 30.3 Å². The summed E-state index contributed by atoms with van der Waals surface area (Å²) in [7, 11) is 0. The maximum atomic E-state index is 14.1. The van der Waals surface area contributed by atoms with Gasteiger partial charge in [-0.2, -0.15) is 18.3 Å². The van der Waals surface area contributed by atoms with E-state index in [2.05, 4.69) is 25.5 Å². The Balaban J connectivity index is 1.63. The number of anilines is 1. The van der Waals surface area contributed by atoms with Crippen LogP contribution in [0.1, 0.15) is 43.6 Å². The molecular weight excluding hydrogens is 462 g/mol. The summed E-state index contributed by atoms with van der Waals surface area (Å²) in [5.41, 5.74) is 4.35. The lowest BCUT2D eigenvalue weighted by Crippen LogP contribution is -2.04. The van der Waals surface area contributed by atoms with E-state index in [4.69, 9.17) is 4.74 Å². The molecular formula is C25H25F4N5O. The number of aromatic nitrogens is 3. The van der Waals surface area contributed by atoms with Crippen LogP contribution in [0, 0.1) is 5.82 Å². The Hall–Kier alpha value is -3.66. The molecule has 0 radical (unpaired) electrons. The minimum absolute atomic E-state index is 0.101. The molecule has 10 heteroatoms. The summed E-state index contributed by atoms with van der Waals surface area (Å²) < 4.78 is 58.3. The van der Waals surface area contributed by atoms with Gasteiger partial charge in [0.15, 0.2) is 5.82 Å². The van der Waals surface area contributed by atoms with E-state index in [1.165, 1.54) is 18.5 Å². The van der Waals surface area contributed by atoms with E-state index < -0.39 is 17.6 Å². The third kappa shape index (κ3) is 7.96. The zero-order valence-corrected chi connectivity index (χ0v) is 19.3. The van der Waals surface area contributed by atoms with Gasteiger partial charge < -0.3 is 4.74 Å². The van der Waals surface area contributed by atoms with Gasteiger partial charge in [-0.15, -0.1) is 0 Å². The van der Waals surface area contributed by atoms with Crippen LogP contribution in [-0.4, -0.2) is 34.4 Å². The summed E-state index contributed by atoms with van der Waals surface area (Å²) in [5.74, 6) is -0.454. The van der Waals surface area contributed by atoms with Gasteiger partial charge in [-0.05, 0) is 49.6 Å². The van der Waals surface area contributed by atoms with Crippen LogP contribution < -0.4 is 5.43 Å². The Labute approximate surface area is 200 Å². The second-order valence-corrected chi connectivity index (χ2v) is 7.70. The summed E-state index contributed by atoms with van der Waals surface area (Å²) in [6, 6.07) is 8.29. The number of ether oxygens (including phenoxy) is 1.